The minimum atomic E-state index is -0.162. The summed E-state index contributed by atoms with van der Waals surface area (Å²) in [7, 11) is 0. The first-order chi connectivity index (χ1) is 7.63. The number of hydrogen-bond donors (Lipinski definition) is 2. The lowest BCUT2D eigenvalue weighted by Crippen LogP contribution is -2.07. The van der Waals surface area contributed by atoms with E-state index in [1.165, 1.54) is 5.56 Å². The minimum absolute atomic E-state index is 0.162. The zero-order valence-electron chi connectivity index (χ0n) is 10.2. The van der Waals surface area contributed by atoms with Gasteiger partial charge in [-0.2, -0.15) is 0 Å². The Hall–Kier alpha value is -1.02. The van der Waals surface area contributed by atoms with Gasteiger partial charge in [-0.15, -0.1) is 0 Å². The fourth-order valence-corrected chi connectivity index (χ4v) is 1.89. The third-order valence-electron chi connectivity index (χ3n) is 3.02. The van der Waals surface area contributed by atoms with E-state index >= 15 is 0 Å². The van der Waals surface area contributed by atoms with Crippen molar-refractivity contribution in [2.75, 3.05) is 0 Å². The van der Waals surface area contributed by atoms with Crippen LogP contribution in [0.3, 0.4) is 0 Å². The Balaban J connectivity index is 2.40. The van der Waals surface area contributed by atoms with E-state index in [1.54, 1.807) is 12.1 Å². The molecule has 1 aromatic rings. The third-order valence-corrected chi connectivity index (χ3v) is 3.02. The molecule has 0 saturated heterocycles. The van der Waals surface area contributed by atoms with Gasteiger partial charge in [-0.3, -0.25) is 0 Å². The summed E-state index contributed by atoms with van der Waals surface area (Å²) in [5.41, 5.74) is 1.22. The first kappa shape index (κ1) is 13.0. The van der Waals surface area contributed by atoms with Crippen LogP contribution in [0.15, 0.2) is 24.3 Å². The number of aliphatic hydroxyl groups is 1. The molecule has 2 nitrogen and oxygen atoms in total. The second-order valence-corrected chi connectivity index (χ2v) is 4.51. The van der Waals surface area contributed by atoms with Crippen LogP contribution in [0.4, 0.5) is 0 Å². The molecule has 0 amide bonds. The normalized spacial score (nSPS) is 14.7. The largest absolute Gasteiger partial charge is 0.508 e. The number of rotatable bonds is 6. The van der Waals surface area contributed by atoms with Crippen molar-refractivity contribution in [3.8, 4) is 5.75 Å². The van der Waals surface area contributed by atoms with E-state index < -0.39 is 0 Å². The van der Waals surface area contributed by atoms with Gasteiger partial charge in [0.1, 0.15) is 5.75 Å². The molecule has 16 heavy (non-hydrogen) atoms. The number of phenols is 1. The first-order valence-electron chi connectivity index (χ1n) is 6.10. The average molecular weight is 222 g/mol. The minimum Gasteiger partial charge on any atom is -0.508 e. The van der Waals surface area contributed by atoms with Gasteiger partial charge in [0.2, 0.25) is 0 Å². The lowest BCUT2D eigenvalue weighted by Gasteiger charge is -2.14. The molecule has 0 heterocycles. The monoisotopic (exact) mass is 222 g/mol. The highest BCUT2D eigenvalue weighted by Gasteiger charge is 2.09. The number of phenolic OH excluding ortho intramolecular Hbond substituents is 1. The Kier molecular flexibility index (Phi) is 5.33. The van der Waals surface area contributed by atoms with Gasteiger partial charge in [0.15, 0.2) is 0 Å². The second kappa shape index (κ2) is 6.54. The maximum atomic E-state index is 9.65. The molecule has 0 spiro atoms. The van der Waals surface area contributed by atoms with Gasteiger partial charge >= 0.3 is 0 Å². The van der Waals surface area contributed by atoms with Crippen LogP contribution in [0, 0.1) is 0 Å². The van der Waals surface area contributed by atoms with Crippen molar-refractivity contribution in [3.63, 3.8) is 0 Å². The molecule has 2 heteroatoms. The first-order valence-corrected chi connectivity index (χ1v) is 6.10. The van der Waals surface area contributed by atoms with Crippen LogP contribution >= 0.6 is 0 Å². The fourth-order valence-electron chi connectivity index (χ4n) is 1.89. The molecule has 0 radical (unpaired) electrons. The summed E-state index contributed by atoms with van der Waals surface area (Å²) < 4.78 is 0. The zero-order valence-corrected chi connectivity index (χ0v) is 10.2. The summed E-state index contributed by atoms with van der Waals surface area (Å²) in [6, 6.07) is 7.33. The lowest BCUT2D eigenvalue weighted by molar-refractivity contribution is 0.149. The van der Waals surface area contributed by atoms with Crippen molar-refractivity contribution in [1.29, 1.82) is 0 Å². The smallest absolute Gasteiger partial charge is 0.115 e. The SMILES string of the molecule is CCCC(O)CCC(C)c1ccc(O)cc1. The Morgan fingerprint density at radius 2 is 1.69 bits per heavy atom. The fraction of sp³-hybridized carbons (Fsp3) is 0.571. The highest BCUT2D eigenvalue weighted by molar-refractivity contribution is 5.27. The van der Waals surface area contributed by atoms with Crippen LogP contribution in [0.2, 0.25) is 0 Å². The van der Waals surface area contributed by atoms with Gasteiger partial charge in [0.25, 0.3) is 0 Å². The molecule has 0 aliphatic heterocycles. The number of aromatic hydroxyl groups is 1. The summed E-state index contributed by atoms with van der Waals surface area (Å²) in [4.78, 5) is 0. The molecule has 0 saturated carbocycles. The van der Waals surface area contributed by atoms with Crippen LogP contribution in [-0.4, -0.2) is 16.3 Å². The molecule has 0 fully saturated rings. The van der Waals surface area contributed by atoms with Crippen LogP contribution < -0.4 is 0 Å². The zero-order chi connectivity index (χ0) is 12.0. The quantitative estimate of drug-likeness (QED) is 0.774. The summed E-state index contributed by atoms with van der Waals surface area (Å²) >= 11 is 0. The molecule has 0 aromatic heterocycles. The van der Waals surface area contributed by atoms with Crippen LogP contribution in [0.5, 0.6) is 5.75 Å². The van der Waals surface area contributed by atoms with Gasteiger partial charge in [0, 0.05) is 0 Å². The van der Waals surface area contributed by atoms with E-state index in [4.69, 9.17) is 0 Å². The molecular formula is C14H22O2. The van der Waals surface area contributed by atoms with Gasteiger partial charge < -0.3 is 10.2 Å². The highest BCUT2D eigenvalue weighted by Crippen LogP contribution is 2.23. The summed E-state index contributed by atoms with van der Waals surface area (Å²) in [5.74, 6) is 0.745. The second-order valence-electron chi connectivity index (χ2n) is 4.51. The Morgan fingerprint density at radius 1 is 1.06 bits per heavy atom. The molecule has 90 valence electrons. The molecule has 0 aliphatic rings. The Morgan fingerprint density at radius 3 is 2.25 bits per heavy atom. The maximum Gasteiger partial charge on any atom is 0.115 e. The van der Waals surface area contributed by atoms with E-state index in [2.05, 4.69) is 13.8 Å². The van der Waals surface area contributed by atoms with E-state index in [-0.39, 0.29) is 6.10 Å². The molecule has 0 aliphatic carbocycles. The van der Waals surface area contributed by atoms with E-state index in [0.29, 0.717) is 11.7 Å². The van der Waals surface area contributed by atoms with Crippen molar-refractivity contribution < 1.29 is 10.2 Å². The standard InChI is InChI=1S/C14H22O2/c1-3-4-13(15)8-5-11(2)12-6-9-14(16)10-7-12/h6-7,9-11,13,15-16H,3-5,8H2,1-2H3. The molecular weight excluding hydrogens is 200 g/mol. The topological polar surface area (TPSA) is 40.5 Å². The van der Waals surface area contributed by atoms with E-state index in [0.717, 1.165) is 25.7 Å². The van der Waals surface area contributed by atoms with Gasteiger partial charge in [-0.25, -0.2) is 0 Å². The molecule has 1 aromatic carbocycles. The molecule has 2 atom stereocenters. The Labute approximate surface area is 97.9 Å². The van der Waals surface area contributed by atoms with Gasteiger partial charge in [0.05, 0.1) is 6.10 Å². The molecule has 1 rings (SSSR count). The Bertz CT molecular complexity index is 292. The highest BCUT2D eigenvalue weighted by atomic mass is 16.3. The van der Waals surface area contributed by atoms with E-state index in [9.17, 15) is 10.2 Å². The number of benzene rings is 1. The van der Waals surface area contributed by atoms with Crippen molar-refractivity contribution in [2.45, 2.75) is 51.6 Å². The average Bonchev–Trinajstić information content (AvgIpc) is 2.27. The van der Waals surface area contributed by atoms with Gasteiger partial charge in [-0.1, -0.05) is 32.4 Å². The summed E-state index contributed by atoms with van der Waals surface area (Å²) in [6.45, 7) is 4.25. The number of hydrogen-bond acceptors (Lipinski definition) is 2. The molecule has 2 N–H and O–H groups in total. The van der Waals surface area contributed by atoms with Crippen LogP contribution in [0.1, 0.15) is 51.0 Å². The van der Waals surface area contributed by atoms with Crippen LogP contribution in [-0.2, 0) is 0 Å². The van der Waals surface area contributed by atoms with Crippen molar-refractivity contribution in [2.24, 2.45) is 0 Å². The molecule has 2 unspecified atom stereocenters. The maximum absolute atomic E-state index is 9.65. The van der Waals surface area contributed by atoms with Crippen molar-refractivity contribution >= 4 is 0 Å². The summed E-state index contributed by atoms with van der Waals surface area (Å²) in [5, 5.41) is 18.8. The third kappa shape index (κ3) is 4.23. The predicted molar refractivity (Wildman–Crippen MR) is 66.7 cm³/mol. The predicted octanol–water partition coefficient (Wildman–Crippen LogP) is 3.44. The molecule has 0 bridgehead atoms. The van der Waals surface area contributed by atoms with Crippen molar-refractivity contribution in [1.82, 2.24) is 0 Å². The van der Waals surface area contributed by atoms with E-state index in [1.807, 2.05) is 12.1 Å². The summed E-state index contributed by atoms with van der Waals surface area (Å²) in [6.07, 6.45) is 3.61. The van der Waals surface area contributed by atoms with Crippen molar-refractivity contribution in [3.05, 3.63) is 29.8 Å². The number of aliphatic hydroxyl groups excluding tert-OH is 1. The lowest BCUT2D eigenvalue weighted by atomic mass is 9.94. The van der Waals surface area contributed by atoms with Gasteiger partial charge in [-0.05, 0) is 42.9 Å². The van der Waals surface area contributed by atoms with Crippen LogP contribution in [0.25, 0.3) is 0 Å².